The highest BCUT2D eigenvalue weighted by atomic mass is 16.5. The van der Waals surface area contributed by atoms with E-state index in [2.05, 4.69) is 5.32 Å². The second-order valence-corrected chi connectivity index (χ2v) is 5.44. The van der Waals surface area contributed by atoms with Crippen molar-refractivity contribution in [3.05, 3.63) is 65.2 Å². The Labute approximate surface area is 136 Å². The molecule has 23 heavy (non-hydrogen) atoms. The number of ketones is 1. The molecule has 2 rings (SSSR count). The van der Waals surface area contributed by atoms with Gasteiger partial charge in [0.25, 0.3) is 5.91 Å². The SMILES string of the molecule is COc1ccc(CCC(=O)C(=O)NCc2ccc(C)cc2)cc1. The number of ether oxygens (including phenoxy) is 1. The number of nitrogens with one attached hydrogen (secondary N) is 1. The Hall–Kier alpha value is -2.62. The quantitative estimate of drug-likeness (QED) is 0.800. The monoisotopic (exact) mass is 311 g/mol. The Kier molecular flexibility index (Phi) is 5.92. The minimum atomic E-state index is -0.529. The number of aryl methyl sites for hydroxylation is 2. The third-order valence-electron chi connectivity index (χ3n) is 3.63. The van der Waals surface area contributed by atoms with Gasteiger partial charge in [-0.05, 0) is 36.6 Å². The van der Waals surface area contributed by atoms with E-state index in [-0.39, 0.29) is 6.42 Å². The maximum atomic E-state index is 11.9. The maximum Gasteiger partial charge on any atom is 0.287 e. The molecule has 4 heteroatoms. The predicted octanol–water partition coefficient (Wildman–Crippen LogP) is 2.82. The number of carbonyl (C=O) groups excluding carboxylic acids is 2. The molecule has 1 N–H and O–H groups in total. The number of amides is 1. The van der Waals surface area contributed by atoms with Gasteiger partial charge in [0.15, 0.2) is 0 Å². The number of carbonyl (C=O) groups is 2. The largest absolute Gasteiger partial charge is 0.497 e. The van der Waals surface area contributed by atoms with E-state index in [0.717, 1.165) is 22.4 Å². The summed E-state index contributed by atoms with van der Waals surface area (Å²) >= 11 is 0. The second-order valence-electron chi connectivity index (χ2n) is 5.44. The summed E-state index contributed by atoms with van der Waals surface area (Å²) in [5, 5.41) is 2.66. The van der Waals surface area contributed by atoms with Crippen molar-refractivity contribution in [1.29, 1.82) is 0 Å². The molecule has 0 aliphatic carbocycles. The topological polar surface area (TPSA) is 55.4 Å². The van der Waals surface area contributed by atoms with Gasteiger partial charge in [-0.3, -0.25) is 9.59 Å². The van der Waals surface area contributed by atoms with Gasteiger partial charge in [-0.1, -0.05) is 42.0 Å². The first kappa shape index (κ1) is 16.7. The number of methoxy groups -OCH3 is 1. The van der Waals surface area contributed by atoms with Crippen LogP contribution in [0.25, 0.3) is 0 Å². The van der Waals surface area contributed by atoms with E-state index in [4.69, 9.17) is 4.74 Å². The van der Waals surface area contributed by atoms with E-state index in [1.807, 2.05) is 55.5 Å². The van der Waals surface area contributed by atoms with Crippen LogP contribution in [0.5, 0.6) is 5.75 Å². The molecule has 0 bridgehead atoms. The smallest absolute Gasteiger partial charge is 0.287 e. The lowest BCUT2D eigenvalue weighted by Crippen LogP contribution is -2.30. The van der Waals surface area contributed by atoms with Gasteiger partial charge in [-0.2, -0.15) is 0 Å². The van der Waals surface area contributed by atoms with Crippen LogP contribution in [0.3, 0.4) is 0 Å². The van der Waals surface area contributed by atoms with Gasteiger partial charge in [-0.15, -0.1) is 0 Å². The zero-order chi connectivity index (χ0) is 16.7. The van der Waals surface area contributed by atoms with Crippen LogP contribution in [0, 0.1) is 6.92 Å². The average Bonchev–Trinajstić information content (AvgIpc) is 2.59. The van der Waals surface area contributed by atoms with E-state index < -0.39 is 11.7 Å². The molecule has 0 heterocycles. The van der Waals surface area contributed by atoms with Crippen LogP contribution in [0.2, 0.25) is 0 Å². The summed E-state index contributed by atoms with van der Waals surface area (Å²) in [5.74, 6) is -0.150. The molecule has 0 aliphatic rings. The first-order valence-corrected chi connectivity index (χ1v) is 7.58. The number of Topliss-reactive ketones (excluding diaryl/α,β-unsaturated/α-hetero) is 1. The van der Waals surface area contributed by atoms with Crippen LogP contribution in [0.15, 0.2) is 48.5 Å². The molecule has 0 saturated carbocycles. The summed E-state index contributed by atoms with van der Waals surface area (Å²) in [7, 11) is 1.61. The predicted molar refractivity (Wildman–Crippen MR) is 89.3 cm³/mol. The minimum absolute atomic E-state index is 0.200. The summed E-state index contributed by atoms with van der Waals surface area (Å²) in [4.78, 5) is 23.7. The lowest BCUT2D eigenvalue weighted by Gasteiger charge is -2.06. The van der Waals surface area contributed by atoms with Gasteiger partial charge in [0, 0.05) is 13.0 Å². The molecule has 0 atom stereocenters. The van der Waals surface area contributed by atoms with Crippen LogP contribution in [0.4, 0.5) is 0 Å². The van der Waals surface area contributed by atoms with Crippen molar-refractivity contribution in [2.45, 2.75) is 26.3 Å². The van der Waals surface area contributed by atoms with Gasteiger partial charge in [0.05, 0.1) is 7.11 Å². The molecule has 0 aliphatic heterocycles. The highest BCUT2D eigenvalue weighted by Gasteiger charge is 2.13. The Morgan fingerprint density at radius 2 is 1.57 bits per heavy atom. The fraction of sp³-hybridized carbons (Fsp3) is 0.263. The van der Waals surface area contributed by atoms with Crippen molar-refractivity contribution >= 4 is 11.7 Å². The van der Waals surface area contributed by atoms with Crippen LogP contribution in [0.1, 0.15) is 23.1 Å². The fourth-order valence-electron chi connectivity index (χ4n) is 2.15. The maximum absolute atomic E-state index is 11.9. The van der Waals surface area contributed by atoms with Crippen molar-refractivity contribution in [1.82, 2.24) is 5.32 Å². The first-order chi connectivity index (χ1) is 11.1. The molecule has 0 saturated heterocycles. The fourth-order valence-corrected chi connectivity index (χ4v) is 2.15. The van der Waals surface area contributed by atoms with E-state index in [0.29, 0.717) is 13.0 Å². The Bertz CT molecular complexity index is 660. The third kappa shape index (κ3) is 5.25. The van der Waals surface area contributed by atoms with Crippen molar-refractivity contribution < 1.29 is 14.3 Å². The lowest BCUT2D eigenvalue weighted by molar-refractivity contribution is -0.138. The lowest BCUT2D eigenvalue weighted by atomic mass is 10.1. The van der Waals surface area contributed by atoms with Crippen LogP contribution >= 0.6 is 0 Å². The first-order valence-electron chi connectivity index (χ1n) is 7.58. The normalized spacial score (nSPS) is 10.2. The van der Waals surface area contributed by atoms with Gasteiger partial charge < -0.3 is 10.1 Å². The van der Waals surface area contributed by atoms with E-state index in [1.54, 1.807) is 7.11 Å². The van der Waals surface area contributed by atoms with Crippen LogP contribution < -0.4 is 10.1 Å². The molecule has 2 aromatic rings. The molecule has 0 aromatic heterocycles. The molecule has 0 radical (unpaired) electrons. The van der Waals surface area contributed by atoms with E-state index in [9.17, 15) is 9.59 Å². The van der Waals surface area contributed by atoms with Gasteiger partial charge >= 0.3 is 0 Å². The molecule has 4 nitrogen and oxygen atoms in total. The molecule has 0 fully saturated rings. The third-order valence-corrected chi connectivity index (χ3v) is 3.63. The van der Waals surface area contributed by atoms with Crippen molar-refractivity contribution in [3.8, 4) is 5.75 Å². The molecule has 2 aromatic carbocycles. The summed E-state index contributed by atoms with van der Waals surface area (Å²) in [6, 6.07) is 15.3. The van der Waals surface area contributed by atoms with Crippen molar-refractivity contribution in [2.24, 2.45) is 0 Å². The van der Waals surface area contributed by atoms with Crippen molar-refractivity contribution in [3.63, 3.8) is 0 Å². The summed E-state index contributed by atoms with van der Waals surface area (Å²) < 4.78 is 5.08. The summed E-state index contributed by atoms with van der Waals surface area (Å²) in [6.07, 6.45) is 0.743. The van der Waals surface area contributed by atoms with Gasteiger partial charge in [-0.25, -0.2) is 0 Å². The number of benzene rings is 2. The van der Waals surface area contributed by atoms with Gasteiger partial charge in [0.2, 0.25) is 5.78 Å². The highest BCUT2D eigenvalue weighted by molar-refractivity contribution is 6.36. The number of hydrogen-bond donors (Lipinski definition) is 1. The Morgan fingerprint density at radius 3 is 2.17 bits per heavy atom. The average molecular weight is 311 g/mol. The van der Waals surface area contributed by atoms with Crippen molar-refractivity contribution in [2.75, 3.05) is 7.11 Å². The molecular formula is C19H21NO3. The zero-order valence-corrected chi connectivity index (χ0v) is 13.5. The Balaban J connectivity index is 1.77. The minimum Gasteiger partial charge on any atom is -0.497 e. The second kappa shape index (κ2) is 8.13. The zero-order valence-electron chi connectivity index (χ0n) is 13.5. The summed E-state index contributed by atoms with van der Waals surface area (Å²) in [6.45, 7) is 2.37. The molecule has 0 unspecified atom stereocenters. The molecule has 0 spiro atoms. The summed E-state index contributed by atoms with van der Waals surface area (Å²) in [5.41, 5.74) is 3.15. The Morgan fingerprint density at radius 1 is 0.957 bits per heavy atom. The van der Waals surface area contributed by atoms with Crippen LogP contribution in [-0.4, -0.2) is 18.8 Å². The van der Waals surface area contributed by atoms with Crippen LogP contribution in [-0.2, 0) is 22.6 Å². The highest BCUT2D eigenvalue weighted by Crippen LogP contribution is 2.12. The number of rotatable bonds is 7. The standard InChI is InChI=1S/C19H21NO3/c1-14-3-5-16(6-4-14)13-20-19(22)18(21)12-9-15-7-10-17(23-2)11-8-15/h3-8,10-11H,9,12-13H2,1-2H3,(H,20,22). The molecule has 120 valence electrons. The van der Waals surface area contributed by atoms with Gasteiger partial charge in [0.1, 0.15) is 5.75 Å². The number of hydrogen-bond acceptors (Lipinski definition) is 3. The molecular weight excluding hydrogens is 290 g/mol. The molecule has 1 amide bonds. The van der Waals surface area contributed by atoms with E-state index >= 15 is 0 Å². The van der Waals surface area contributed by atoms with E-state index in [1.165, 1.54) is 0 Å².